The molecule has 4 rings (SSSR count). The van der Waals surface area contributed by atoms with Crippen molar-refractivity contribution in [1.29, 1.82) is 0 Å². The van der Waals surface area contributed by atoms with E-state index in [9.17, 15) is 18.0 Å². The van der Waals surface area contributed by atoms with Gasteiger partial charge >= 0.3 is 6.18 Å². The second-order valence-electron chi connectivity index (χ2n) is 7.47. The Morgan fingerprint density at radius 1 is 1.06 bits per heavy atom. The third-order valence-electron chi connectivity index (χ3n) is 5.31. The SMILES string of the molecule is Cc1ccccc1-c1noc(CN2CCN(C(=O)c3cccc(C(F)(F)F)c3)CC2)n1. The Hall–Kier alpha value is -3.20. The molecule has 1 amide bonds. The Bertz CT molecular complexity index is 1070. The standard InChI is InChI=1S/C22H21F3N4O2/c1-15-5-2-3-8-18(15)20-26-19(31-27-20)14-28-9-11-29(12-10-28)21(30)16-6-4-7-17(13-16)22(23,24)25/h2-8,13H,9-12,14H2,1H3. The van der Waals surface area contributed by atoms with Crippen molar-refractivity contribution in [2.45, 2.75) is 19.6 Å². The number of carbonyl (C=O) groups excluding carboxylic acids is 1. The third-order valence-corrected chi connectivity index (χ3v) is 5.31. The number of aromatic nitrogens is 2. The number of benzene rings is 2. The van der Waals surface area contributed by atoms with Crippen LogP contribution in [0.5, 0.6) is 0 Å². The molecule has 2 heterocycles. The van der Waals surface area contributed by atoms with Gasteiger partial charge in [-0.15, -0.1) is 0 Å². The molecule has 0 bridgehead atoms. The number of halogens is 3. The first kappa shape index (κ1) is 21.0. The summed E-state index contributed by atoms with van der Waals surface area (Å²) in [4.78, 5) is 20.7. The van der Waals surface area contributed by atoms with Crippen LogP contribution in [0.25, 0.3) is 11.4 Å². The van der Waals surface area contributed by atoms with E-state index in [0.717, 1.165) is 23.3 Å². The van der Waals surface area contributed by atoms with Crippen LogP contribution in [-0.2, 0) is 12.7 Å². The fourth-order valence-corrected chi connectivity index (χ4v) is 3.56. The van der Waals surface area contributed by atoms with Crippen LogP contribution >= 0.6 is 0 Å². The first-order valence-corrected chi connectivity index (χ1v) is 9.89. The van der Waals surface area contributed by atoms with Gasteiger partial charge in [0.1, 0.15) is 0 Å². The van der Waals surface area contributed by atoms with Gasteiger partial charge in [0, 0.05) is 37.3 Å². The van der Waals surface area contributed by atoms with E-state index in [-0.39, 0.29) is 5.56 Å². The number of hydrogen-bond donors (Lipinski definition) is 0. The Labute approximate surface area is 177 Å². The average Bonchev–Trinajstić information content (AvgIpc) is 3.22. The highest BCUT2D eigenvalue weighted by Crippen LogP contribution is 2.30. The van der Waals surface area contributed by atoms with E-state index in [4.69, 9.17) is 4.52 Å². The largest absolute Gasteiger partial charge is 0.416 e. The molecule has 0 N–H and O–H groups in total. The number of rotatable bonds is 4. The number of alkyl halides is 3. The van der Waals surface area contributed by atoms with Crippen LogP contribution in [0.3, 0.4) is 0 Å². The number of aryl methyl sites for hydroxylation is 1. The summed E-state index contributed by atoms with van der Waals surface area (Å²) in [5.74, 6) is 0.618. The molecule has 6 nitrogen and oxygen atoms in total. The minimum absolute atomic E-state index is 0.0445. The maximum Gasteiger partial charge on any atom is 0.416 e. The Morgan fingerprint density at radius 2 is 1.81 bits per heavy atom. The monoisotopic (exact) mass is 430 g/mol. The molecule has 0 aliphatic carbocycles. The molecular formula is C22H21F3N4O2. The van der Waals surface area contributed by atoms with Crippen LogP contribution < -0.4 is 0 Å². The fourth-order valence-electron chi connectivity index (χ4n) is 3.56. The van der Waals surface area contributed by atoms with Crippen molar-refractivity contribution < 1.29 is 22.5 Å². The first-order chi connectivity index (χ1) is 14.8. The van der Waals surface area contributed by atoms with Gasteiger partial charge in [-0.1, -0.05) is 35.5 Å². The van der Waals surface area contributed by atoms with Gasteiger partial charge in [0.2, 0.25) is 11.7 Å². The first-order valence-electron chi connectivity index (χ1n) is 9.89. The Balaban J connectivity index is 1.35. The molecule has 1 fully saturated rings. The normalized spacial score (nSPS) is 15.3. The van der Waals surface area contributed by atoms with Crippen molar-refractivity contribution in [3.63, 3.8) is 0 Å². The smallest absolute Gasteiger partial charge is 0.338 e. The van der Waals surface area contributed by atoms with Gasteiger partial charge in [-0.25, -0.2) is 0 Å². The molecule has 162 valence electrons. The van der Waals surface area contributed by atoms with Crippen molar-refractivity contribution >= 4 is 5.91 Å². The maximum absolute atomic E-state index is 12.9. The van der Waals surface area contributed by atoms with Crippen LogP contribution in [0.1, 0.15) is 27.4 Å². The second kappa shape index (κ2) is 8.50. The molecule has 1 saturated heterocycles. The number of amides is 1. The van der Waals surface area contributed by atoms with Crippen molar-refractivity contribution in [2.24, 2.45) is 0 Å². The molecule has 3 aromatic rings. The predicted octanol–water partition coefficient (Wildman–Crippen LogP) is 4.02. The van der Waals surface area contributed by atoms with Crippen molar-refractivity contribution in [1.82, 2.24) is 19.9 Å². The maximum atomic E-state index is 12.9. The van der Waals surface area contributed by atoms with Gasteiger partial charge in [0.05, 0.1) is 12.1 Å². The van der Waals surface area contributed by atoms with E-state index >= 15 is 0 Å². The van der Waals surface area contributed by atoms with E-state index in [1.807, 2.05) is 31.2 Å². The van der Waals surface area contributed by atoms with Gasteiger partial charge in [0.15, 0.2) is 0 Å². The highest BCUT2D eigenvalue weighted by molar-refractivity contribution is 5.94. The summed E-state index contributed by atoms with van der Waals surface area (Å²) in [5, 5.41) is 4.05. The highest BCUT2D eigenvalue weighted by atomic mass is 19.4. The molecule has 0 atom stereocenters. The van der Waals surface area contributed by atoms with E-state index < -0.39 is 17.6 Å². The molecule has 0 radical (unpaired) electrons. The lowest BCUT2D eigenvalue weighted by molar-refractivity contribution is -0.137. The van der Waals surface area contributed by atoms with Gasteiger partial charge in [-0.3, -0.25) is 9.69 Å². The summed E-state index contributed by atoms with van der Waals surface area (Å²) >= 11 is 0. The molecule has 1 aromatic heterocycles. The second-order valence-corrected chi connectivity index (χ2v) is 7.47. The zero-order valence-electron chi connectivity index (χ0n) is 16.9. The van der Waals surface area contributed by atoms with Crippen LogP contribution in [-0.4, -0.2) is 52.0 Å². The molecular weight excluding hydrogens is 409 g/mol. The van der Waals surface area contributed by atoms with E-state index in [1.165, 1.54) is 12.1 Å². The van der Waals surface area contributed by atoms with Crippen LogP contribution in [0, 0.1) is 6.92 Å². The van der Waals surface area contributed by atoms with Crippen molar-refractivity contribution in [2.75, 3.05) is 26.2 Å². The van der Waals surface area contributed by atoms with Crippen molar-refractivity contribution in [3.05, 3.63) is 71.1 Å². The van der Waals surface area contributed by atoms with Gasteiger partial charge < -0.3 is 9.42 Å². The number of piperazine rings is 1. The van der Waals surface area contributed by atoms with Crippen molar-refractivity contribution in [3.8, 4) is 11.4 Å². The van der Waals surface area contributed by atoms with Gasteiger partial charge in [-0.05, 0) is 30.7 Å². The topological polar surface area (TPSA) is 62.5 Å². The minimum Gasteiger partial charge on any atom is -0.338 e. The van der Waals surface area contributed by atoms with E-state index in [1.54, 1.807) is 4.90 Å². The van der Waals surface area contributed by atoms with Crippen LogP contribution in [0.15, 0.2) is 53.1 Å². The van der Waals surface area contributed by atoms with Crippen LogP contribution in [0.4, 0.5) is 13.2 Å². The molecule has 31 heavy (non-hydrogen) atoms. The number of hydrogen-bond acceptors (Lipinski definition) is 5. The summed E-state index contributed by atoms with van der Waals surface area (Å²) in [5.41, 5.74) is 1.19. The average molecular weight is 430 g/mol. The summed E-state index contributed by atoms with van der Waals surface area (Å²) in [6.07, 6.45) is -4.48. The molecule has 1 aliphatic rings. The lowest BCUT2D eigenvalue weighted by Crippen LogP contribution is -2.48. The molecule has 9 heteroatoms. The highest BCUT2D eigenvalue weighted by Gasteiger charge is 2.31. The lowest BCUT2D eigenvalue weighted by atomic mass is 10.1. The third kappa shape index (κ3) is 4.77. The number of nitrogens with zero attached hydrogens (tertiary/aromatic N) is 4. The van der Waals surface area contributed by atoms with Gasteiger partial charge in [0.25, 0.3) is 5.91 Å². The van der Waals surface area contributed by atoms with Gasteiger partial charge in [-0.2, -0.15) is 18.2 Å². The summed E-state index contributed by atoms with van der Waals surface area (Å²) < 4.78 is 44.1. The zero-order chi connectivity index (χ0) is 22.0. The molecule has 1 aliphatic heterocycles. The Morgan fingerprint density at radius 3 is 2.52 bits per heavy atom. The lowest BCUT2D eigenvalue weighted by Gasteiger charge is -2.34. The molecule has 2 aromatic carbocycles. The predicted molar refractivity (Wildman–Crippen MR) is 107 cm³/mol. The van der Waals surface area contributed by atoms with E-state index in [0.29, 0.717) is 44.4 Å². The number of carbonyl (C=O) groups is 1. The molecule has 0 saturated carbocycles. The fraction of sp³-hybridized carbons (Fsp3) is 0.318. The summed E-state index contributed by atoms with van der Waals surface area (Å²) in [7, 11) is 0. The molecule has 0 spiro atoms. The minimum atomic E-state index is -4.48. The summed E-state index contributed by atoms with van der Waals surface area (Å²) in [6.45, 7) is 4.37. The van der Waals surface area contributed by atoms with Crippen LogP contribution in [0.2, 0.25) is 0 Å². The Kier molecular flexibility index (Phi) is 5.77. The molecule has 0 unspecified atom stereocenters. The van der Waals surface area contributed by atoms with E-state index in [2.05, 4.69) is 15.0 Å². The summed E-state index contributed by atoms with van der Waals surface area (Å²) in [6, 6.07) is 12.3. The zero-order valence-corrected chi connectivity index (χ0v) is 16.9. The quantitative estimate of drug-likeness (QED) is 0.626.